The summed E-state index contributed by atoms with van der Waals surface area (Å²) in [6.45, 7) is 0.597. The zero-order chi connectivity index (χ0) is 12.7. The molecule has 1 heterocycles. The average molecular weight is 244 g/mol. The van der Waals surface area contributed by atoms with Gasteiger partial charge in [0, 0.05) is 12.5 Å². The first-order valence-electron chi connectivity index (χ1n) is 6.36. The van der Waals surface area contributed by atoms with Crippen LogP contribution in [0.4, 0.5) is 0 Å². The predicted octanol–water partition coefficient (Wildman–Crippen LogP) is 1.01. The highest BCUT2D eigenvalue weighted by molar-refractivity contribution is 5.90. The predicted molar refractivity (Wildman–Crippen MR) is 66.5 cm³/mol. The zero-order valence-electron chi connectivity index (χ0n) is 10.1. The minimum atomic E-state index is -0.581. The van der Waals surface area contributed by atoms with Crippen molar-refractivity contribution in [2.45, 2.75) is 25.3 Å². The molecular weight excluding hydrogens is 228 g/mol. The van der Waals surface area contributed by atoms with Gasteiger partial charge in [-0.1, -0.05) is 24.3 Å². The standard InChI is InChI=1S/C14H16N2O2/c15-13(17)12-11-4-2-1-3-9(11)7-8-16(12)14(18)10-5-6-10/h1-4,10,12H,5-8H2,(H2,15,17). The maximum atomic E-state index is 12.2. The van der Waals surface area contributed by atoms with E-state index in [9.17, 15) is 9.59 Å². The lowest BCUT2D eigenvalue weighted by Crippen LogP contribution is -2.46. The lowest BCUT2D eigenvalue weighted by molar-refractivity contribution is -0.141. The fourth-order valence-electron chi connectivity index (χ4n) is 2.68. The maximum Gasteiger partial charge on any atom is 0.244 e. The first-order valence-corrected chi connectivity index (χ1v) is 6.36. The molecule has 0 saturated heterocycles. The van der Waals surface area contributed by atoms with Gasteiger partial charge in [0.25, 0.3) is 0 Å². The molecule has 2 amide bonds. The van der Waals surface area contributed by atoms with Crippen molar-refractivity contribution in [2.24, 2.45) is 11.7 Å². The summed E-state index contributed by atoms with van der Waals surface area (Å²) < 4.78 is 0. The molecule has 1 aromatic rings. The SMILES string of the molecule is NC(=O)C1c2ccccc2CCN1C(=O)C1CC1. The molecule has 1 atom stereocenters. The highest BCUT2D eigenvalue weighted by Crippen LogP contribution is 2.36. The van der Waals surface area contributed by atoms with Crippen molar-refractivity contribution in [1.29, 1.82) is 0 Å². The molecule has 4 nitrogen and oxygen atoms in total. The Morgan fingerprint density at radius 3 is 2.61 bits per heavy atom. The van der Waals surface area contributed by atoms with Gasteiger partial charge in [0.05, 0.1) is 0 Å². The van der Waals surface area contributed by atoms with Crippen molar-refractivity contribution in [2.75, 3.05) is 6.54 Å². The van der Waals surface area contributed by atoms with E-state index >= 15 is 0 Å². The third-order valence-electron chi connectivity index (χ3n) is 3.76. The number of carbonyl (C=O) groups excluding carboxylic acids is 2. The topological polar surface area (TPSA) is 63.4 Å². The van der Waals surface area contributed by atoms with E-state index < -0.39 is 11.9 Å². The number of amides is 2. The monoisotopic (exact) mass is 244 g/mol. The first kappa shape index (κ1) is 11.3. The maximum absolute atomic E-state index is 12.2. The van der Waals surface area contributed by atoms with Gasteiger partial charge < -0.3 is 10.6 Å². The Morgan fingerprint density at radius 1 is 1.22 bits per heavy atom. The van der Waals surface area contributed by atoms with Crippen LogP contribution in [0.3, 0.4) is 0 Å². The summed E-state index contributed by atoms with van der Waals surface area (Å²) in [5, 5.41) is 0. The largest absolute Gasteiger partial charge is 0.368 e. The molecule has 1 unspecified atom stereocenters. The molecule has 1 fully saturated rings. The van der Waals surface area contributed by atoms with Crippen LogP contribution in [0.5, 0.6) is 0 Å². The average Bonchev–Trinajstić information content (AvgIpc) is 3.20. The number of hydrogen-bond acceptors (Lipinski definition) is 2. The third kappa shape index (κ3) is 1.78. The molecule has 4 heteroatoms. The summed E-state index contributed by atoms with van der Waals surface area (Å²) in [5.41, 5.74) is 7.52. The number of rotatable bonds is 2. The van der Waals surface area contributed by atoms with Gasteiger partial charge in [0.1, 0.15) is 6.04 Å². The van der Waals surface area contributed by atoms with E-state index in [4.69, 9.17) is 5.73 Å². The summed E-state index contributed by atoms with van der Waals surface area (Å²) in [6, 6.07) is 7.17. The number of primary amides is 1. The second-order valence-corrected chi connectivity index (χ2v) is 5.06. The minimum absolute atomic E-state index is 0.0910. The van der Waals surface area contributed by atoms with Crippen LogP contribution >= 0.6 is 0 Å². The Hall–Kier alpha value is -1.84. The summed E-state index contributed by atoms with van der Waals surface area (Å²) in [7, 11) is 0. The number of benzene rings is 1. The van der Waals surface area contributed by atoms with Crippen LogP contribution in [-0.4, -0.2) is 23.3 Å². The number of fused-ring (bicyclic) bond motifs is 1. The van der Waals surface area contributed by atoms with Crippen molar-refractivity contribution in [3.8, 4) is 0 Å². The molecule has 0 aromatic heterocycles. The van der Waals surface area contributed by atoms with Crippen LogP contribution < -0.4 is 5.73 Å². The summed E-state index contributed by atoms with van der Waals surface area (Å²) in [4.78, 5) is 25.6. The first-order chi connectivity index (χ1) is 8.68. The van der Waals surface area contributed by atoms with Gasteiger partial charge in [0.15, 0.2) is 0 Å². The molecule has 0 bridgehead atoms. The number of nitrogens with zero attached hydrogens (tertiary/aromatic N) is 1. The highest BCUT2D eigenvalue weighted by Gasteiger charge is 2.40. The van der Waals surface area contributed by atoms with E-state index in [2.05, 4.69) is 0 Å². The van der Waals surface area contributed by atoms with Gasteiger partial charge in [-0.3, -0.25) is 9.59 Å². The van der Waals surface area contributed by atoms with Crippen LogP contribution in [0, 0.1) is 5.92 Å². The van der Waals surface area contributed by atoms with E-state index in [1.54, 1.807) is 4.90 Å². The Labute approximate surface area is 106 Å². The van der Waals surface area contributed by atoms with Gasteiger partial charge in [-0.25, -0.2) is 0 Å². The van der Waals surface area contributed by atoms with Crippen molar-refractivity contribution in [1.82, 2.24) is 4.90 Å². The van der Waals surface area contributed by atoms with Crippen LogP contribution in [0.1, 0.15) is 30.0 Å². The second kappa shape index (κ2) is 4.12. The number of carbonyl (C=O) groups is 2. The molecule has 1 aliphatic heterocycles. The zero-order valence-corrected chi connectivity index (χ0v) is 10.1. The molecule has 1 saturated carbocycles. The van der Waals surface area contributed by atoms with Crippen LogP contribution in [0.25, 0.3) is 0 Å². The molecule has 0 spiro atoms. The molecule has 2 aliphatic rings. The van der Waals surface area contributed by atoms with Crippen molar-refractivity contribution in [3.05, 3.63) is 35.4 Å². The fraction of sp³-hybridized carbons (Fsp3) is 0.429. The Bertz CT molecular complexity index is 508. The molecule has 94 valence electrons. The lowest BCUT2D eigenvalue weighted by Gasteiger charge is -2.35. The van der Waals surface area contributed by atoms with Crippen LogP contribution in [0.15, 0.2) is 24.3 Å². The molecule has 2 N–H and O–H groups in total. The second-order valence-electron chi connectivity index (χ2n) is 5.06. The van der Waals surface area contributed by atoms with Gasteiger partial charge in [-0.2, -0.15) is 0 Å². The van der Waals surface area contributed by atoms with Gasteiger partial charge in [-0.05, 0) is 30.4 Å². The Kier molecular flexibility index (Phi) is 2.58. The minimum Gasteiger partial charge on any atom is -0.368 e. The van der Waals surface area contributed by atoms with E-state index in [0.717, 1.165) is 30.4 Å². The summed E-state index contributed by atoms with van der Waals surface area (Å²) in [6.07, 6.45) is 2.70. The van der Waals surface area contributed by atoms with E-state index in [-0.39, 0.29) is 11.8 Å². The number of nitrogens with two attached hydrogens (primary N) is 1. The van der Waals surface area contributed by atoms with Crippen molar-refractivity contribution in [3.63, 3.8) is 0 Å². The summed E-state index contributed by atoms with van der Waals surface area (Å²) in [5.74, 6) is -0.221. The highest BCUT2D eigenvalue weighted by atomic mass is 16.2. The van der Waals surface area contributed by atoms with Crippen LogP contribution in [0.2, 0.25) is 0 Å². The Balaban J connectivity index is 1.98. The van der Waals surface area contributed by atoms with Crippen molar-refractivity contribution < 1.29 is 9.59 Å². The molecule has 1 aromatic carbocycles. The van der Waals surface area contributed by atoms with Crippen molar-refractivity contribution >= 4 is 11.8 Å². The Morgan fingerprint density at radius 2 is 1.94 bits per heavy atom. The quantitative estimate of drug-likeness (QED) is 0.843. The molecule has 0 radical (unpaired) electrons. The van der Waals surface area contributed by atoms with Gasteiger partial charge in [0.2, 0.25) is 11.8 Å². The molecule has 1 aliphatic carbocycles. The normalized spacial score (nSPS) is 22.4. The van der Waals surface area contributed by atoms with Gasteiger partial charge >= 0.3 is 0 Å². The van der Waals surface area contributed by atoms with Crippen LogP contribution in [-0.2, 0) is 16.0 Å². The van der Waals surface area contributed by atoms with E-state index in [0.29, 0.717) is 6.54 Å². The van der Waals surface area contributed by atoms with E-state index in [1.807, 2.05) is 24.3 Å². The fourth-order valence-corrected chi connectivity index (χ4v) is 2.68. The third-order valence-corrected chi connectivity index (χ3v) is 3.76. The smallest absolute Gasteiger partial charge is 0.244 e. The lowest BCUT2D eigenvalue weighted by atomic mass is 9.92. The molecular formula is C14H16N2O2. The van der Waals surface area contributed by atoms with Gasteiger partial charge in [-0.15, -0.1) is 0 Å². The van der Waals surface area contributed by atoms with E-state index in [1.165, 1.54) is 0 Å². The molecule has 18 heavy (non-hydrogen) atoms. The molecule has 3 rings (SSSR count). The summed E-state index contributed by atoms with van der Waals surface area (Å²) >= 11 is 0. The number of hydrogen-bond donors (Lipinski definition) is 1.